The molecule has 6 nitrogen and oxygen atoms in total. The summed E-state index contributed by atoms with van der Waals surface area (Å²) in [6.07, 6.45) is 11.5. The summed E-state index contributed by atoms with van der Waals surface area (Å²) in [5.74, 6) is 1.45. The average molecular weight is 436 g/mol. The van der Waals surface area contributed by atoms with E-state index < -0.39 is 0 Å². The number of likely N-dealkylation sites (tertiary alicyclic amines) is 1. The molecule has 2 saturated heterocycles. The minimum atomic E-state index is 0.0968. The predicted octanol–water partition coefficient (Wildman–Crippen LogP) is 4.62. The first-order chi connectivity index (χ1) is 15.2. The van der Waals surface area contributed by atoms with Crippen molar-refractivity contribution in [2.75, 3.05) is 24.5 Å². The first-order valence-corrected chi connectivity index (χ1v) is 12.2. The lowest BCUT2D eigenvalue weighted by Crippen LogP contribution is -2.45. The largest absolute Gasteiger partial charge is 0.356 e. The third kappa shape index (κ3) is 4.03. The van der Waals surface area contributed by atoms with Crippen LogP contribution in [0.5, 0.6) is 0 Å². The molecule has 5 rings (SSSR count). The lowest BCUT2D eigenvalue weighted by Gasteiger charge is -2.40. The molecule has 0 aromatic carbocycles. The van der Waals surface area contributed by atoms with Crippen LogP contribution in [0.15, 0.2) is 36.9 Å². The number of fused-ring (bicyclic) bond motifs is 1. The molecule has 162 valence electrons. The topological polar surface area (TPSA) is 62.2 Å². The highest BCUT2D eigenvalue weighted by Gasteiger charge is 2.34. The molecule has 5 heterocycles. The van der Waals surface area contributed by atoms with E-state index in [0.29, 0.717) is 5.91 Å². The van der Waals surface area contributed by atoms with Gasteiger partial charge in [-0.1, -0.05) is 13.0 Å². The van der Waals surface area contributed by atoms with E-state index in [1.807, 2.05) is 12.3 Å². The van der Waals surface area contributed by atoms with Gasteiger partial charge >= 0.3 is 0 Å². The van der Waals surface area contributed by atoms with Crippen LogP contribution >= 0.6 is 11.3 Å². The zero-order chi connectivity index (χ0) is 21.2. The van der Waals surface area contributed by atoms with Crippen LogP contribution in [0.25, 0.3) is 10.2 Å². The lowest BCUT2D eigenvalue weighted by atomic mass is 9.90. The van der Waals surface area contributed by atoms with Gasteiger partial charge in [0.2, 0.25) is 5.91 Å². The van der Waals surface area contributed by atoms with Crippen LogP contribution in [0.2, 0.25) is 0 Å². The van der Waals surface area contributed by atoms with Crippen LogP contribution < -0.4 is 4.90 Å². The van der Waals surface area contributed by atoms with Crippen molar-refractivity contribution in [3.05, 3.63) is 47.4 Å². The van der Waals surface area contributed by atoms with Gasteiger partial charge in [0.05, 0.1) is 11.4 Å². The van der Waals surface area contributed by atoms with Gasteiger partial charge in [0.15, 0.2) is 0 Å². The minimum absolute atomic E-state index is 0.0968. The predicted molar refractivity (Wildman–Crippen MR) is 124 cm³/mol. The summed E-state index contributed by atoms with van der Waals surface area (Å²) in [6.45, 7) is 4.77. The van der Waals surface area contributed by atoms with E-state index in [1.54, 1.807) is 23.9 Å². The van der Waals surface area contributed by atoms with E-state index in [-0.39, 0.29) is 12.0 Å². The molecule has 0 saturated carbocycles. The fourth-order valence-electron chi connectivity index (χ4n) is 5.01. The number of rotatable bonds is 4. The van der Waals surface area contributed by atoms with Crippen molar-refractivity contribution in [2.24, 2.45) is 5.92 Å². The molecule has 7 heteroatoms. The first-order valence-electron chi connectivity index (χ1n) is 11.4. The molecule has 2 aliphatic rings. The maximum Gasteiger partial charge on any atom is 0.226 e. The SMILES string of the molecule is CCc1cc2c(N3CCC(C(=O)N4CCCCC4c4cccnc4)CC3)ncnc2s1. The molecule has 3 aromatic rings. The summed E-state index contributed by atoms with van der Waals surface area (Å²) >= 11 is 1.75. The summed E-state index contributed by atoms with van der Waals surface area (Å²) in [5.41, 5.74) is 1.17. The molecule has 0 N–H and O–H groups in total. The Labute approximate surface area is 187 Å². The molecule has 3 aromatic heterocycles. The second kappa shape index (κ2) is 8.91. The summed E-state index contributed by atoms with van der Waals surface area (Å²) in [5, 5.41) is 1.15. The van der Waals surface area contributed by atoms with Crippen LogP contribution in [0.4, 0.5) is 5.82 Å². The van der Waals surface area contributed by atoms with Crippen LogP contribution in [-0.2, 0) is 11.2 Å². The number of carbonyl (C=O) groups excluding carboxylic acids is 1. The Morgan fingerprint density at radius 3 is 2.81 bits per heavy atom. The van der Waals surface area contributed by atoms with Gasteiger partial charge in [0.25, 0.3) is 0 Å². The Balaban J connectivity index is 1.29. The van der Waals surface area contributed by atoms with Crippen LogP contribution in [0, 0.1) is 5.92 Å². The number of thiophene rings is 1. The van der Waals surface area contributed by atoms with Gasteiger partial charge in [0.1, 0.15) is 17.0 Å². The van der Waals surface area contributed by atoms with Crippen molar-refractivity contribution in [3.63, 3.8) is 0 Å². The molecule has 0 bridgehead atoms. The molecule has 0 spiro atoms. The fraction of sp³-hybridized carbons (Fsp3) is 0.500. The Morgan fingerprint density at radius 2 is 2.03 bits per heavy atom. The van der Waals surface area contributed by atoms with Crippen molar-refractivity contribution < 1.29 is 4.79 Å². The van der Waals surface area contributed by atoms with Crippen molar-refractivity contribution in [3.8, 4) is 0 Å². The van der Waals surface area contributed by atoms with Gasteiger partial charge in [-0.05, 0) is 56.2 Å². The van der Waals surface area contributed by atoms with Gasteiger partial charge in [0, 0.05) is 42.8 Å². The number of amides is 1. The third-order valence-corrected chi connectivity index (χ3v) is 7.89. The molecular weight excluding hydrogens is 406 g/mol. The molecule has 31 heavy (non-hydrogen) atoms. The van der Waals surface area contributed by atoms with Gasteiger partial charge in [-0.15, -0.1) is 11.3 Å². The Bertz CT molecular complexity index is 1040. The highest BCUT2D eigenvalue weighted by atomic mass is 32.1. The van der Waals surface area contributed by atoms with E-state index in [9.17, 15) is 4.79 Å². The summed E-state index contributed by atoms with van der Waals surface area (Å²) in [4.78, 5) is 33.7. The molecule has 1 atom stereocenters. The molecule has 2 fully saturated rings. The lowest BCUT2D eigenvalue weighted by molar-refractivity contribution is -0.140. The second-order valence-corrected chi connectivity index (χ2v) is 9.69. The van der Waals surface area contributed by atoms with Gasteiger partial charge in [-0.3, -0.25) is 9.78 Å². The second-order valence-electron chi connectivity index (χ2n) is 8.57. The molecular formula is C24H29N5OS. The van der Waals surface area contributed by atoms with Crippen LogP contribution in [-0.4, -0.2) is 45.4 Å². The third-order valence-electron chi connectivity index (χ3n) is 6.71. The number of piperidine rings is 2. The summed E-state index contributed by atoms with van der Waals surface area (Å²) < 4.78 is 0. The maximum atomic E-state index is 13.5. The maximum absolute atomic E-state index is 13.5. The van der Waals surface area contributed by atoms with E-state index in [1.165, 1.54) is 16.9 Å². The van der Waals surface area contributed by atoms with Gasteiger partial charge < -0.3 is 9.80 Å². The number of hydrogen-bond donors (Lipinski definition) is 0. The van der Waals surface area contributed by atoms with Crippen LogP contribution in [0.1, 0.15) is 55.5 Å². The van der Waals surface area contributed by atoms with Crippen LogP contribution in [0.3, 0.4) is 0 Å². The number of anilines is 1. The number of aryl methyl sites for hydroxylation is 1. The number of carbonyl (C=O) groups is 1. The average Bonchev–Trinajstić information content (AvgIpc) is 3.28. The first kappa shape index (κ1) is 20.4. The number of aromatic nitrogens is 3. The van der Waals surface area contributed by atoms with E-state index >= 15 is 0 Å². The highest BCUT2D eigenvalue weighted by molar-refractivity contribution is 7.18. The monoisotopic (exact) mass is 435 g/mol. The number of hydrogen-bond acceptors (Lipinski definition) is 6. The molecule has 1 amide bonds. The van der Waals surface area contributed by atoms with E-state index in [0.717, 1.165) is 67.8 Å². The van der Waals surface area contributed by atoms with E-state index in [2.05, 4.69) is 43.8 Å². The zero-order valence-corrected chi connectivity index (χ0v) is 18.9. The fourth-order valence-corrected chi connectivity index (χ4v) is 5.94. The minimum Gasteiger partial charge on any atom is -0.356 e. The normalized spacial score (nSPS) is 20.4. The zero-order valence-electron chi connectivity index (χ0n) is 18.0. The Hall–Kier alpha value is -2.54. The molecule has 0 aliphatic carbocycles. The van der Waals surface area contributed by atoms with E-state index in [4.69, 9.17) is 0 Å². The molecule has 1 unspecified atom stereocenters. The van der Waals surface area contributed by atoms with Crippen molar-refractivity contribution in [2.45, 2.75) is 51.5 Å². The summed E-state index contributed by atoms with van der Waals surface area (Å²) in [6, 6.07) is 6.49. The van der Waals surface area contributed by atoms with Crippen molar-refractivity contribution in [1.82, 2.24) is 19.9 Å². The van der Waals surface area contributed by atoms with Gasteiger partial charge in [-0.25, -0.2) is 9.97 Å². The Kier molecular flexibility index (Phi) is 5.85. The van der Waals surface area contributed by atoms with Gasteiger partial charge in [-0.2, -0.15) is 0 Å². The standard InChI is InChI=1S/C24H29N5OS/c1-2-19-14-20-22(26-16-27-23(20)31-19)28-12-8-17(9-13-28)24(30)29-11-4-3-7-21(29)18-6-5-10-25-15-18/h5-6,10,14-17,21H,2-4,7-9,11-13H2,1H3. The highest BCUT2D eigenvalue weighted by Crippen LogP contribution is 2.35. The number of pyridine rings is 1. The number of nitrogens with zero attached hydrogens (tertiary/aromatic N) is 5. The summed E-state index contributed by atoms with van der Waals surface area (Å²) in [7, 11) is 0. The smallest absolute Gasteiger partial charge is 0.226 e. The Morgan fingerprint density at radius 1 is 1.16 bits per heavy atom. The van der Waals surface area contributed by atoms with Crippen molar-refractivity contribution in [1.29, 1.82) is 0 Å². The quantitative estimate of drug-likeness (QED) is 0.598. The van der Waals surface area contributed by atoms with Crippen molar-refractivity contribution >= 4 is 33.3 Å². The molecule has 2 aliphatic heterocycles. The molecule has 0 radical (unpaired) electrons.